The first-order valence-corrected chi connectivity index (χ1v) is 10.6. The maximum Gasteiger partial charge on any atom is 0.252 e. The summed E-state index contributed by atoms with van der Waals surface area (Å²) in [4.78, 5) is 32.4. The number of hydrogen-bond donors (Lipinski definition) is 3. The average molecular weight is 419 g/mol. The van der Waals surface area contributed by atoms with Gasteiger partial charge in [-0.1, -0.05) is 38.1 Å². The topological polar surface area (TPSA) is 86.9 Å². The summed E-state index contributed by atoms with van der Waals surface area (Å²) in [5.41, 5.74) is 5.31. The number of aromatic amines is 1. The average Bonchev–Trinajstić information content (AvgIpc) is 3.25. The van der Waals surface area contributed by atoms with E-state index in [1.165, 1.54) is 6.92 Å². The Labute approximate surface area is 183 Å². The van der Waals surface area contributed by atoms with Crippen molar-refractivity contribution >= 4 is 17.4 Å². The van der Waals surface area contributed by atoms with E-state index in [0.29, 0.717) is 24.4 Å². The number of aryl methyl sites for hydroxylation is 1. The van der Waals surface area contributed by atoms with Crippen LogP contribution >= 0.6 is 0 Å². The van der Waals surface area contributed by atoms with Crippen molar-refractivity contribution in [3.05, 3.63) is 71.8 Å². The van der Waals surface area contributed by atoms with Crippen LogP contribution in [0.2, 0.25) is 0 Å². The molecule has 0 aliphatic heterocycles. The Kier molecular flexibility index (Phi) is 7.23. The summed E-state index contributed by atoms with van der Waals surface area (Å²) >= 11 is 0. The molecule has 1 aromatic heterocycles. The fourth-order valence-electron chi connectivity index (χ4n) is 3.56. The van der Waals surface area contributed by atoms with Crippen LogP contribution in [0.5, 0.6) is 0 Å². The second-order valence-electron chi connectivity index (χ2n) is 8.27. The second kappa shape index (κ2) is 10.1. The number of amides is 1. The zero-order valence-electron chi connectivity index (χ0n) is 18.5. The van der Waals surface area contributed by atoms with Gasteiger partial charge in [0.15, 0.2) is 5.78 Å². The van der Waals surface area contributed by atoms with Crippen LogP contribution in [0.25, 0.3) is 11.1 Å². The van der Waals surface area contributed by atoms with Gasteiger partial charge in [0.05, 0.1) is 24.6 Å². The van der Waals surface area contributed by atoms with Gasteiger partial charge in [0.25, 0.3) is 5.91 Å². The first kappa shape index (κ1) is 22.3. The Hall–Kier alpha value is -3.41. The van der Waals surface area contributed by atoms with Crippen molar-refractivity contribution in [1.82, 2.24) is 15.3 Å². The van der Waals surface area contributed by atoms with Gasteiger partial charge in [0.2, 0.25) is 0 Å². The van der Waals surface area contributed by atoms with Gasteiger partial charge in [-0.25, -0.2) is 4.98 Å². The van der Waals surface area contributed by atoms with Crippen molar-refractivity contribution in [2.24, 2.45) is 5.92 Å². The molecular formula is C25H30N4O2. The van der Waals surface area contributed by atoms with E-state index in [0.717, 1.165) is 28.1 Å². The van der Waals surface area contributed by atoms with Crippen LogP contribution in [-0.4, -0.2) is 27.7 Å². The summed E-state index contributed by atoms with van der Waals surface area (Å²) in [6, 6.07) is 13.2. The second-order valence-corrected chi connectivity index (χ2v) is 8.27. The normalized spacial score (nSPS) is 11.9. The highest BCUT2D eigenvalue weighted by molar-refractivity contribution is 6.03. The Morgan fingerprint density at radius 2 is 1.87 bits per heavy atom. The van der Waals surface area contributed by atoms with E-state index in [4.69, 9.17) is 0 Å². The predicted octanol–water partition coefficient (Wildman–Crippen LogP) is 4.73. The third kappa shape index (κ3) is 5.81. The molecule has 0 bridgehead atoms. The van der Waals surface area contributed by atoms with Crippen molar-refractivity contribution < 1.29 is 9.59 Å². The zero-order valence-corrected chi connectivity index (χ0v) is 18.5. The van der Waals surface area contributed by atoms with Crippen molar-refractivity contribution in [3.63, 3.8) is 0 Å². The number of benzene rings is 2. The number of ketones is 1. The Bertz CT molecular complexity index is 1040. The van der Waals surface area contributed by atoms with Crippen LogP contribution in [-0.2, 0) is 11.3 Å². The van der Waals surface area contributed by atoms with E-state index in [1.807, 2.05) is 63.2 Å². The maximum absolute atomic E-state index is 13.2. The molecule has 1 atom stereocenters. The molecule has 162 valence electrons. The van der Waals surface area contributed by atoms with E-state index in [2.05, 4.69) is 20.6 Å². The Morgan fingerprint density at radius 1 is 1.10 bits per heavy atom. The van der Waals surface area contributed by atoms with E-state index < -0.39 is 6.04 Å². The first-order valence-electron chi connectivity index (χ1n) is 10.6. The highest BCUT2D eigenvalue weighted by atomic mass is 16.2. The standard InChI is InChI=1S/C25H30N4O2/c1-16(2)11-24(18(4)30)29-25(31)22-10-9-19(27-14-20-13-26-15-28-20)12-23(22)21-8-6-5-7-17(21)3/h5-10,12-13,15-16,24,27H,11,14H2,1-4H3,(H,26,28)(H,29,31)/t24-/m0/s1. The van der Waals surface area contributed by atoms with E-state index in [9.17, 15) is 9.59 Å². The number of imidazole rings is 1. The third-order valence-electron chi connectivity index (χ3n) is 5.24. The third-order valence-corrected chi connectivity index (χ3v) is 5.24. The molecule has 0 aliphatic carbocycles. The van der Waals surface area contributed by atoms with E-state index >= 15 is 0 Å². The predicted molar refractivity (Wildman–Crippen MR) is 124 cm³/mol. The summed E-state index contributed by atoms with van der Waals surface area (Å²) in [5, 5.41) is 6.32. The summed E-state index contributed by atoms with van der Waals surface area (Å²) in [5.74, 6) is 0.0376. The fraction of sp³-hybridized carbons (Fsp3) is 0.320. The molecular weight excluding hydrogens is 388 g/mol. The molecule has 3 N–H and O–H groups in total. The highest BCUT2D eigenvalue weighted by Gasteiger charge is 2.22. The van der Waals surface area contributed by atoms with Crippen LogP contribution in [0.3, 0.4) is 0 Å². The number of anilines is 1. The molecule has 0 saturated heterocycles. The molecule has 1 amide bonds. The minimum atomic E-state index is -0.490. The number of aromatic nitrogens is 2. The quantitative estimate of drug-likeness (QED) is 0.469. The zero-order chi connectivity index (χ0) is 22.4. The lowest BCUT2D eigenvalue weighted by Crippen LogP contribution is -2.40. The van der Waals surface area contributed by atoms with E-state index in [1.54, 1.807) is 12.5 Å². The van der Waals surface area contributed by atoms with Crippen molar-refractivity contribution in [2.45, 2.75) is 46.7 Å². The fourth-order valence-corrected chi connectivity index (χ4v) is 3.56. The molecule has 0 spiro atoms. The molecule has 1 heterocycles. The number of nitrogens with zero attached hydrogens (tertiary/aromatic N) is 1. The lowest BCUT2D eigenvalue weighted by atomic mass is 9.94. The smallest absolute Gasteiger partial charge is 0.252 e. The molecule has 3 aromatic rings. The number of Topliss-reactive ketones (excluding diaryl/α,β-unsaturated/α-hetero) is 1. The van der Waals surface area contributed by atoms with Crippen LogP contribution in [0.1, 0.15) is 48.8 Å². The van der Waals surface area contributed by atoms with Crippen LogP contribution in [0.15, 0.2) is 55.0 Å². The SMILES string of the molecule is CC(=O)[C@H](CC(C)C)NC(=O)c1ccc(NCc2cnc[nH]2)cc1-c1ccccc1C. The van der Waals surface area contributed by atoms with Crippen LogP contribution in [0.4, 0.5) is 5.69 Å². The lowest BCUT2D eigenvalue weighted by molar-refractivity contribution is -0.119. The minimum Gasteiger partial charge on any atom is -0.379 e. The van der Waals surface area contributed by atoms with Gasteiger partial charge in [0, 0.05) is 17.4 Å². The summed E-state index contributed by atoms with van der Waals surface area (Å²) in [6.07, 6.45) is 4.03. The Morgan fingerprint density at radius 3 is 2.52 bits per heavy atom. The lowest BCUT2D eigenvalue weighted by Gasteiger charge is -2.20. The molecule has 0 radical (unpaired) electrons. The maximum atomic E-state index is 13.2. The first-order chi connectivity index (χ1) is 14.8. The monoisotopic (exact) mass is 418 g/mol. The van der Waals surface area contributed by atoms with Crippen LogP contribution < -0.4 is 10.6 Å². The molecule has 31 heavy (non-hydrogen) atoms. The number of carbonyl (C=O) groups excluding carboxylic acids is 2. The van der Waals surface area contributed by atoms with Gasteiger partial charge in [0.1, 0.15) is 0 Å². The van der Waals surface area contributed by atoms with Gasteiger partial charge >= 0.3 is 0 Å². The number of H-pyrrole nitrogens is 1. The number of rotatable bonds is 9. The molecule has 2 aromatic carbocycles. The molecule has 0 unspecified atom stereocenters. The largest absolute Gasteiger partial charge is 0.379 e. The minimum absolute atomic E-state index is 0.0302. The van der Waals surface area contributed by atoms with Gasteiger partial charge < -0.3 is 15.6 Å². The summed E-state index contributed by atoms with van der Waals surface area (Å²) in [6.45, 7) is 8.23. The number of carbonyl (C=O) groups is 2. The molecule has 6 nitrogen and oxygen atoms in total. The van der Waals surface area contributed by atoms with E-state index in [-0.39, 0.29) is 11.7 Å². The van der Waals surface area contributed by atoms with Crippen molar-refractivity contribution in [2.75, 3.05) is 5.32 Å². The molecule has 6 heteroatoms. The number of nitrogens with one attached hydrogen (secondary N) is 3. The van der Waals surface area contributed by atoms with Gasteiger partial charge in [-0.15, -0.1) is 0 Å². The van der Waals surface area contributed by atoms with Crippen molar-refractivity contribution in [3.8, 4) is 11.1 Å². The van der Waals surface area contributed by atoms with Gasteiger partial charge in [-0.2, -0.15) is 0 Å². The highest BCUT2D eigenvalue weighted by Crippen LogP contribution is 2.30. The molecule has 3 rings (SSSR count). The van der Waals surface area contributed by atoms with Crippen molar-refractivity contribution in [1.29, 1.82) is 0 Å². The Balaban J connectivity index is 1.93. The summed E-state index contributed by atoms with van der Waals surface area (Å²) < 4.78 is 0. The van der Waals surface area contributed by atoms with Gasteiger partial charge in [-0.3, -0.25) is 9.59 Å². The molecule has 0 fully saturated rings. The van der Waals surface area contributed by atoms with Crippen LogP contribution in [0, 0.1) is 12.8 Å². The number of hydrogen-bond acceptors (Lipinski definition) is 4. The molecule has 0 aliphatic rings. The molecule has 0 saturated carbocycles. The van der Waals surface area contributed by atoms with Gasteiger partial charge in [-0.05, 0) is 61.1 Å². The summed E-state index contributed by atoms with van der Waals surface area (Å²) in [7, 11) is 0.